The Balaban J connectivity index is 2.39. The van der Waals surface area contributed by atoms with Gasteiger partial charge in [0, 0.05) is 18.7 Å². The largest absolute Gasteiger partial charge is 0.405 e. The van der Waals surface area contributed by atoms with Crippen LogP contribution in [0.3, 0.4) is 0 Å². The molecule has 0 atom stereocenters. The minimum absolute atomic E-state index is 0.192. The lowest BCUT2D eigenvalue weighted by atomic mass is 10.1. The fraction of sp³-hybridized carbons (Fsp3) is 0.188. The molecule has 28 heavy (non-hydrogen) atoms. The molecular weight excluding hydrogens is 412 g/mol. The first kappa shape index (κ1) is 19.9. The maximum atomic E-state index is 14.4. The van der Waals surface area contributed by atoms with Gasteiger partial charge in [-0.25, -0.2) is 13.2 Å². The Bertz CT molecular complexity index is 1020. The average Bonchev–Trinajstić information content (AvgIpc) is 3.00. The van der Waals surface area contributed by atoms with E-state index < -0.39 is 52.3 Å². The monoisotopic (exact) mass is 421 g/mol. The zero-order valence-electron chi connectivity index (χ0n) is 13.8. The van der Waals surface area contributed by atoms with Crippen molar-refractivity contribution < 1.29 is 26.3 Å². The molecule has 12 heteroatoms. The molecule has 0 spiro atoms. The second kappa shape index (κ2) is 7.30. The van der Waals surface area contributed by atoms with Gasteiger partial charge in [-0.05, 0) is 0 Å². The molecule has 0 aliphatic rings. The van der Waals surface area contributed by atoms with Crippen LogP contribution in [0.5, 0.6) is 0 Å². The molecule has 0 saturated carbocycles. The molecule has 0 unspecified atom stereocenters. The van der Waals surface area contributed by atoms with Crippen LogP contribution in [0.15, 0.2) is 31.1 Å². The molecule has 2 heterocycles. The van der Waals surface area contributed by atoms with E-state index in [1.807, 2.05) is 0 Å². The first-order valence-electron chi connectivity index (χ1n) is 7.59. The van der Waals surface area contributed by atoms with E-state index in [-0.39, 0.29) is 12.3 Å². The van der Waals surface area contributed by atoms with Gasteiger partial charge >= 0.3 is 6.18 Å². The highest BCUT2D eigenvalue weighted by Crippen LogP contribution is 2.40. The van der Waals surface area contributed by atoms with Crippen LogP contribution >= 0.6 is 11.6 Å². The Labute approximate surface area is 158 Å². The maximum Gasteiger partial charge on any atom is 0.405 e. The number of hydrogen-bond donors (Lipinski definition) is 0. The summed E-state index contributed by atoms with van der Waals surface area (Å²) in [7, 11) is 0. The summed E-state index contributed by atoms with van der Waals surface area (Å²) < 4.78 is 82.3. The van der Waals surface area contributed by atoms with E-state index in [1.165, 1.54) is 0 Å². The number of halogens is 7. The van der Waals surface area contributed by atoms with Gasteiger partial charge in [-0.1, -0.05) is 17.7 Å². The van der Waals surface area contributed by atoms with Crippen molar-refractivity contribution in [3.05, 3.63) is 53.7 Å². The number of alkyl halides is 3. The molecule has 148 valence electrons. The van der Waals surface area contributed by atoms with Crippen LogP contribution in [0.25, 0.3) is 16.9 Å². The number of benzene rings is 1. The van der Waals surface area contributed by atoms with Crippen molar-refractivity contribution in [3.8, 4) is 11.1 Å². The molecule has 0 fully saturated rings. The zero-order chi connectivity index (χ0) is 20.6. The third-order valence-corrected chi connectivity index (χ3v) is 3.91. The van der Waals surface area contributed by atoms with Crippen LogP contribution in [0.2, 0.25) is 5.15 Å². The Morgan fingerprint density at radius 2 is 1.79 bits per heavy atom. The van der Waals surface area contributed by atoms with Crippen LogP contribution in [0.4, 0.5) is 32.2 Å². The fourth-order valence-electron chi connectivity index (χ4n) is 2.69. The number of anilines is 1. The molecule has 0 N–H and O–H groups in total. The van der Waals surface area contributed by atoms with E-state index in [0.717, 1.165) is 16.9 Å². The summed E-state index contributed by atoms with van der Waals surface area (Å²) in [5.74, 6) is -4.55. The summed E-state index contributed by atoms with van der Waals surface area (Å²) in [4.78, 5) is 8.27. The lowest BCUT2D eigenvalue weighted by Gasteiger charge is -2.27. The highest BCUT2D eigenvalue weighted by atomic mass is 35.5. The SMILES string of the molecule is C=CCN(CC(F)(F)F)c1c(-c2c(F)cc(F)cc2F)c(Cl)nc2ncnn12. The van der Waals surface area contributed by atoms with Gasteiger partial charge in [0.2, 0.25) is 0 Å². The molecule has 3 rings (SSSR count). The summed E-state index contributed by atoms with van der Waals surface area (Å²) in [6, 6.07) is 0.761. The summed E-state index contributed by atoms with van der Waals surface area (Å²) in [5, 5.41) is 3.25. The van der Waals surface area contributed by atoms with Crippen molar-refractivity contribution in [2.45, 2.75) is 6.18 Å². The van der Waals surface area contributed by atoms with E-state index in [0.29, 0.717) is 17.0 Å². The van der Waals surface area contributed by atoms with E-state index >= 15 is 0 Å². The molecular formula is C16H10ClF6N5. The smallest absolute Gasteiger partial charge is 0.343 e. The third kappa shape index (κ3) is 3.75. The van der Waals surface area contributed by atoms with E-state index in [4.69, 9.17) is 11.6 Å². The second-order valence-corrected chi connectivity index (χ2v) is 5.96. The molecule has 2 aromatic heterocycles. The molecule has 0 saturated heterocycles. The van der Waals surface area contributed by atoms with Crippen molar-refractivity contribution in [1.29, 1.82) is 0 Å². The van der Waals surface area contributed by atoms with Crippen LogP contribution in [-0.4, -0.2) is 38.8 Å². The van der Waals surface area contributed by atoms with Gasteiger partial charge in [0.05, 0.1) is 11.1 Å². The first-order chi connectivity index (χ1) is 13.1. The summed E-state index contributed by atoms with van der Waals surface area (Å²) >= 11 is 6.05. The predicted octanol–water partition coefficient (Wildman–Crippen LogP) is 4.42. The Kier molecular flexibility index (Phi) is 5.20. The third-order valence-electron chi connectivity index (χ3n) is 3.63. The Morgan fingerprint density at radius 3 is 2.36 bits per heavy atom. The molecule has 0 bridgehead atoms. The Morgan fingerprint density at radius 1 is 1.14 bits per heavy atom. The van der Waals surface area contributed by atoms with Gasteiger partial charge in [-0.3, -0.25) is 0 Å². The van der Waals surface area contributed by atoms with Crippen LogP contribution < -0.4 is 4.90 Å². The summed E-state index contributed by atoms with van der Waals surface area (Å²) in [6.07, 6.45) is -2.53. The minimum Gasteiger partial charge on any atom is -0.343 e. The number of fused-ring (bicyclic) bond motifs is 1. The zero-order valence-corrected chi connectivity index (χ0v) is 14.6. The molecule has 0 radical (unpaired) electrons. The van der Waals surface area contributed by atoms with Crippen molar-refractivity contribution in [1.82, 2.24) is 19.6 Å². The van der Waals surface area contributed by atoms with Gasteiger partial charge in [0.15, 0.2) is 0 Å². The second-order valence-electron chi connectivity index (χ2n) is 5.60. The van der Waals surface area contributed by atoms with Crippen LogP contribution in [0.1, 0.15) is 0 Å². The summed E-state index contributed by atoms with van der Waals surface area (Å²) in [5.41, 5.74) is -1.37. The van der Waals surface area contributed by atoms with Gasteiger partial charge in [-0.2, -0.15) is 32.8 Å². The lowest BCUT2D eigenvalue weighted by Crippen LogP contribution is -2.36. The topological polar surface area (TPSA) is 46.3 Å². The quantitative estimate of drug-likeness (QED) is 0.348. The van der Waals surface area contributed by atoms with Gasteiger partial charge in [0.1, 0.15) is 41.3 Å². The molecule has 1 aromatic carbocycles. The van der Waals surface area contributed by atoms with Gasteiger partial charge in [-0.15, -0.1) is 6.58 Å². The van der Waals surface area contributed by atoms with Crippen LogP contribution in [-0.2, 0) is 0 Å². The predicted molar refractivity (Wildman–Crippen MR) is 89.6 cm³/mol. The molecule has 5 nitrogen and oxygen atoms in total. The fourth-order valence-corrected chi connectivity index (χ4v) is 2.94. The summed E-state index contributed by atoms with van der Waals surface area (Å²) in [6.45, 7) is 1.52. The van der Waals surface area contributed by atoms with Gasteiger partial charge in [0.25, 0.3) is 5.78 Å². The minimum atomic E-state index is -4.68. The standard InChI is InChI=1S/C16H10ClF6N5/c1-2-3-27(6-16(21,22)23)14-12(11-9(19)4-8(18)5-10(11)20)13(17)26-15-24-7-25-28(14)15/h2,4-5,7H,1,3,6H2. The lowest BCUT2D eigenvalue weighted by molar-refractivity contribution is -0.119. The molecule has 0 aliphatic heterocycles. The number of aromatic nitrogens is 4. The number of hydrogen-bond acceptors (Lipinski definition) is 4. The highest BCUT2D eigenvalue weighted by Gasteiger charge is 2.34. The molecule has 0 amide bonds. The van der Waals surface area contributed by atoms with Gasteiger partial charge < -0.3 is 4.90 Å². The molecule has 3 aromatic rings. The number of rotatable bonds is 5. The van der Waals surface area contributed by atoms with E-state index in [2.05, 4.69) is 21.6 Å². The van der Waals surface area contributed by atoms with Crippen molar-refractivity contribution in [3.63, 3.8) is 0 Å². The number of nitrogens with zero attached hydrogens (tertiary/aromatic N) is 5. The van der Waals surface area contributed by atoms with Crippen molar-refractivity contribution in [2.75, 3.05) is 18.0 Å². The van der Waals surface area contributed by atoms with E-state index in [9.17, 15) is 26.3 Å². The van der Waals surface area contributed by atoms with Crippen molar-refractivity contribution in [2.24, 2.45) is 0 Å². The molecule has 0 aliphatic carbocycles. The highest BCUT2D eigenvalue weighted by molar-refractivity contribution is 6.33. The van der Waals surface area contributed by atoms with E-state index in [1.54, 1.807) is 0 Å². The normalized spacial score (nSPS) is 11.8. The first-order valence-corrected chi connectivity index (χ1v) is 7.97. The Hall–Kier alpha value is -2.82. The van der Waals surface area contributed by atoms with Crippen LogP contribution in [0, 0.1) is 17.5 Å². The average molecular weight is 422 g/mol. The maximum absolute atomic E-state index is 14.4. The van der Waals surface area contributed by atoms with Crippen molar-refractivity contribution >= 4 is 23.2 Å².